The number of fused-ring (bicyclic) bond motifs is 1. The number of amides is 1. The van der Waals surface area contributed by atoms with E-state index in [1.807, 2.05) is 5.38 Å². The average molecular weight is 410 g/mol. The molecule has 0 saturated heterocycles. The Balaban J connectivity index is 1.60. The van der Waals surface area contributed by atoms with Crippen molar-refractivity contribution in [2.45, 2.75) is 6.04 Å². The molecule has 4 rings (SSSR count). The maximum absolute atomic E-state index is 14.4. The van der Waals surface area contributed by atoms with Crippen LogP contribution in [0.3, 0.4) is 0 Å². The Hall–Kier alpha value is -3.36. The van der Waals surface area contributed by atoms with Gasteiger partial charge in [-0.25, -0.2) is 8.78 Å². The van der Waals surface area contributed by atoms with Crippen LogP contribution in [0.5, 0.6) is 0 Å². The molecule has 2 aromatic heterocycles. The predicted molar refractivity (Wildman–Crippen MR) is 111 cm³/mol. The second-order valence-electron chi connectivity index (χ2n) is 6.35. The standard InChI is InChI=1S/C21H16F2N4OS/c22-13-6-3-12(4-7-13)5-8-16-14-10-18(15(23)11-17(14)27-26-16)25-21(28)20(24)19-2-1-9-29-19/h1-11,20H,24H2,(H,25,28)(H,26,27)/b8-5+/t20-/m0/s1. The number of H-pyrrole nitrogens is 1. The van der Waals surface area contributed by atoms with Gasteiger partial charge in [-0.05, 0) is 41.3 Å². The summed E-state index contributed by atoms with van der Waals surface area (Å²) in [4.78, 5) is 13.1. The summed E-state index contributed by atoms with van der Waals surface area (Å²) in [5, 5.41) is 11.9. The second-order valence-corrected chi connectivity index (χ2v) is 7.33. The lowest BCUT2D eigenvalue weighted by atomic mass is 10.1. The largest absolute Gasteiger partial charge is 0.322 e. The lowest BCUT2D eigenvalue weighted by Crippen LogP contribution is -2.27. The van der Waals surface area contributed by atoms with Gasteiger partial charge in [0.2, 0.25) is 5.91 Å². The molecule has 2 heterocycles. The van der Waals surface area contributed by atoms with Crippen LogP contribution >= 0.6 is 11.3 Å². The number of benzene rings is 2. The zero-order valence-electron chi connectivity index (χ0n) is 15.0. The van der Waals surface area contributed by atoms with Crippen molar-refractivity contribution in [2.24, 2.45) is 5.73 Å². The molecule has 1 atom stereocenters. The number of anilines is 1. The quantitative estimate of drug-likeness (QED) is 0.445. The highest BCUT2D eigenvalue weighted by Crippen LogP contribution is 2.26. The van der Waals surface area contributed by atoms with Crippen molar-refractivity contribution in [1.82, 2.24) is 10.2 Å². The van der Waals surface area contributed by atoms with Crippen LogP contribution in [0.25, 0.3) is 23.1 Å². The summed E-state index contributed by atoms with van der Waals surface area (Å²) < 4.78 is 27.5. The first-order valence-electron chi connectivity index (χ1n) is 8.72. The van der Waals surface area contributed by atoms with Crippen LogP contribution in [0.15, 0.2) is 53.9 Å². The van der Waals surface area contributed by atoms with Crippen LogP contribution < -0.4 is 11.1 Å². The van der Waals surface area contributed by atoms with E-state index >= 15 is 0 Å². The number of aromatic nitrogens is 2. The number of nitrogens with one attached hydrogen (secondary N) is 2. The molecule has 0 saturated carbocycles. The second kappa shape index (κ2) is 7.94. The van der Waals surface area contributed by atoms with Crippen molar-refractivity contribution in [3.8, 4) is 0 Å². The Morgan fingerprint density at radius 3 is 2.69 bits per heavy atom. The van der Waals surface area contributed by atoms with E-state index in [9.17, 15) is 13.6 Å². The molecule has 4 aromatic rings. The molecular formula is C21H16F2N4OS. The van der Waals surface area contributed by atoms with Crippen LogP contribution in [0.1, 0.15) is 22.2 Å². The van der Waals surface area contributed by atoms with Gasteiger partial charge in [0.25, 0.3) is 0 Å². The average Bonchev–Trinajstić information content (AvgIpc) is 3.37. The summed E-state index contributed by atoms with van der Waals surface area (Å²) in [6.45, 7) is 0. The van der Waals surface area contributed by atoms with Crippen molar-refractivity contribution in [2.75, 3.05) is 5.32 Å². The van der Waals surface area contributed by atoms with Crippen LogP contribution in [-0.4, -0.2) is 16.1 Å². The number of nitrogens with two attached hydrogens (primary N) is 1. The van der Waals surface area contributed by atoms with Gasteiger partial charge in [-0.2, -0.15) is 5.10 Å². The highest BCUT2D eigenvalue weighted by atomic mass is 32.1. The number of thiophene rings is 1. The first-order valence-corrected chi connectivity index (χ1v) is 9.60. The van der Waals surface area contributed by atoms with Crippen LogP contribution in [0.2, 0.25) is 0 Å². The van der Waals surface area contributed by atoms with E-state index in [2.05, 4.69) is 15.5 Å². The van der Waals surface area contributed by atoms with Crippen molar-refractivity contribution in [3.63, 3.8) is 0 Å². The van der Waals surface area contributed by atoms with E-state index in [4.69, 9.17) is 5.73 Å². The molecular weight excluding hydrogens is 394 g/mol. The fourth-order valence-corrected chi connectivity index (χ4v) is 3.56. The Bertz CT molecular complexity index is 1180. The van der Waals surface area contributed by atoms with Crippen LogP contribution in [0, 0.1) is 11.6 Å². The zero-order chi connectivity index (χ0) is 20.4. The van der Waals surface area contributed by atoms with Gasteiger partial charge in [0.05, 0.1) is 16.9 Å². The molecule has 0 aliphatic carbocycles. The number of hydrogen-bond donors (Lipinski definition) is 3. The molecule has 0 aliphatic heterocycles. The molecule has 4 N–H and O–H groups in total. The summed E-state index contributed by atoms with van der Waals surface area (Å²) in [5.41, 5.74) is 7.80. The first kappa shape index (κ1) is 19.0. The molecule has 0 spiro atoms. The minimum absolute atomic E-state index is 0.0207. The van der Waals surface area contributed by atoms with Crippen molar-refractivity contribution >= 4 is 46.0 Å². The molecule has 0 unspecified atom stereocenters. The SMILES string of the molecule is N[C@H](C(=O)Nc1cc2c(/C=C/c3ccc(F)cc3)n[nH]c2cc1F)c1cccs1. The molecule has 2 aromatic carbocycles. The van der Waals surface area contributed by atoms with E-state index in [1.54, 1.807) is 36.4 Å². The molecule has 0 bridgehead atoms. The van der Waals surface area contributed by atoms with Gasteiger partial charge in [0, 0.05) is 16.3 Å². The normalized spacial score (nSPS) is 12.5. The minimum Gasteiger partial charge on any atom is -0.322 e. The number of rotatable bonds is 5. The van der Waals surface area contributed by atoms with Crippen molar-refractivity contribution < 1.29 is 13.6 Å². The molecule has 0 radical (unpaired) electrons. The number of nitrogens with zero attached hydrogens (tertiary/aromatic N) is 1. The van der Waals surface area contributed by atoms with Gasteiger partial charge in [0.1, 0.15) is 17.7 Å². The van der Waals surface area contributed by atoms with E-state index in [0.717, 1.165) is 5.56 Å². The summed E-state index contributed by atoms with van der Waals surface area (Å²) >= 11 is 1.36. The van der Waals surface area contributed by atoms with E-state index in [0.29, 0.717) is 21.5 Å². The van der Waals surface area contributed by atoms with E-state index < -0.39 is 17.8 Å². The summed E-state index contributed by atoms with van der Waals surface area (Å²) in [7, 11) is 0. The third-order valence-electron chi connectivity index (χ3n) is 4.37. The molecule has 8 heteroatoms. The zero-order valence-corrected chi connectivity index (χ0v) is 15.8. The maximum Gasteiger partial charge on any atom is 0.246 e. The summed E-state index contributed by atoms with van der Waals surface area (Å²) in [6, 6.07) is 11.4. The van der Waals surface area contributed by atoms with Gasteiger partial charge >= 0.3 is 0 Å². The number of carbonyl (C=O) groups excluding carboxylic acids is 1. The monoisotopic (exact) mass is 410 g/mol. The van der Waals surface area contributed by atoms with E-state index in [1.165, 1.54) is 35.6 Å². The molecule has 0 fully saturated rings. The highest BCUT2D eigenvalue weighted by molar-refractivity contribution is 7.10. The van der Waals surface area contributed by atoms with Gasteiger partial charge in [-0.3, -0.25) is 9.89 Å². The third-order valence-corrected chi connectivity index (χ3v) is 5.33. The fraction of sp³-hybridized carbons (Fsp3) is 0.0476. The Morgan fingerprint density at radius 1 is 1.17 bits per heavy atom. The Labute approximate surface area is 168 Å². The van der Waals surface area contributed by atoms with Gasteiger partial charge < -0.3 is 11.1 Å². The Kier molecular flexibility index (Phi) is 5.20. The Morgan fingerprint density at radius 2 is 1.97 bits per heavy atom. The third kappa shape index (κ3) is 4.08. The summed E-state index contributed by atoms with van der Waals surface area (Å²) in [5.74, 6) is -1.41. The molecule has 29 heavy (non-hydrogen) atoms. The molecule has 1 amide bonds. The number of halogens is 2. The smallest absolute Gasteiger partial charge is 0.246 e. The topological polar surface area (TPSA) is 83.8 Å². The van der Waals surface area contributed by atoms with Crippen molar-refractivity contribution in [1.29, 1.82) is 0 Å². The van der Waals surface area contributed by atoms with Crippen LogP contribution in [-0.2, 0) is 4.79 Å². The fourth-order valence-electron chi connectivity index (χ4n) is 2.84. The molecule has 5 nitrogen and oxygen atoms in total. The molecule has 0 aliphatic rings. The van der Waals surface area contributed by atoms with Crippen LogP contribution in [0.4, 0.5) is 14.5 Å². The van der Waals surface area contributed by atoms with Gasteiger partial charge in [-0.15, -0.1) is 11.3 Å². The van der Waals surface area contributed by atoms with Gasteiger partial charge in [0.15, 0.2) is 0 Å². The summed E-state index contributed by atoms with van der Waals surface area (Å²) in [6.07, 6.45) is 3.50. The predicted octanol–water partition coefficient (Wildman–Crippen LogP) is 4.71. The number of hydrogen-bond acceptors (Lipinski definition) is 4. The maximum atomic E-state index is 14.4. The first-order chi connectivity index (χ1) is 14.0. The highest BCUT2D eigenvalue weighted by Gasteiger charge is 2.19. The van der Waals surface area contributed by atoms with E-state index in [-0.39, 0.29) is 11.5 Å². The number of aromatic amines is 1. The number of carbonyl (C=O) groups is 1. The van der Waals surface area contributed by atoms with Crippen molar-refractivity contribution in [3.05, 3.63) is 81.7 Å². The molecule has 146 valence electrons. The lowest BCUT2D eigenvalue weighted by Gasteiger charge is -2.11. The lowest BCUT2D eigenvalue weighted by molar-refractivity contribution is -0.117. The minimum atomic E-state index is -0.882. The van der Waals surface area contributed by atoms with Gasteiger partial charge in [-0.1, -0.05) is 24.3 Å².